The van der Waals surface area contributed by atoms with Crippen molar-refractivity contribution in [1.82, 2.24) is 5.32 Å². The van der Waals surface area contributed by atoms with Gasteiger partial charge in [-0.15, -0.1) is 0 Å². The Bertz CT molecular complexity index is 1340. The minimum atomic E-state index is -0.708. The number of rotatable bonds is 8. The lowest BCUT2D eigenvalue weighted by atomic mass is 9.85. The molecule has 0 spiro atoms. The van der Waals surface area contributed by atoms with Crippen molar-refractivity contribution >= 4 is 35.0 Å². The SMILES string of the molecule is CCc1ccc(NC(=O)C2=C(C)NC(SCC(=O)Nc3ccccc3)=C(C#N)[C@H]2c2ccco2)cc1. The smallest absolute Gasteiger partial charge is 0.254 e. The maximum Gasteiger partial charge on any atom is 0.254 e. The van der Waals surface area contributed by atoms with Crippen molar-refractivity contribution in [2.45, 2.75) is 26.2 Å². The molecule has 0 bridgehead atoms. The summed E-state index contributed by atoms with van der Waals surface area (Å²) in [5.74, 6) is -0.671. The molecule has 2 heterocycles. The second-order valence-corrected chi connectivity index (χ2v) is 9.16. The maximum atomic E-state index is 13.4. The van der Waals surface area contributed by atoms with E-state index in [1.807, 2.05) is 54.6 Å². The summed E-state index contributed by atoms with van der Waals surface area (Å²) in [5, 5.41) is 19.6. The molecule has 4 rings (SSSR count). The van der Waals surface area contributed by atoms with Gasteiger partial charge in [0, 0.05) is 17.1 Å². The summed E-state index contributed by atoms with van der Waals surface area (Å²) in [6.07, 6.45) is 2.42. The number of para-hydroxylation sites is 1. The average Bonchev–Trinajstić information content (AvgIpc) is 3.42. The van der Waals surface area contributed by atoms with Crippen LogP contribution in [0, 0.1) is 11.3 Å². The third kappa shape index (κ3) is 5.70. The van der Waals surface area contributed by atoms with Gasteiger partial charge in [-0.1, -0.05) is 49.0 Å². The summed E-state index contributed by atoms with van der Waals surface area (Å²) >= 11 is 1.21. The predicted molar refractivity (Wildman–Crippen MR) is 142 cm³/mol. The zero-order chi connectivity index (χ0) is 25.5. The number of hydrogen-bond donors (Lipinski definition) is 3. The molecule has 0 saturated heterocycles. The Labute approximate surface area is 214 Å². The van der Waals surface area contributed by atoms with Gasteiger partial charge in [-0.2, -0.15) is 5.26 Å². The fraction of sp³-hybridized carbons (Fsp3) is 0.179. The quantitative estimate of drug-likeness (QED) is 0.376. The summed E-state index contributed by atoms with van der Waals surface area (Å²) < 4.78 is 5.65. The monoisotopic (exact) mass is 498 g/mol. The number of thioether (sulfide) groups is 1. The van der Waals surface area contributed by atoms with Crippen LogP contribution in [0.25, 0.3) is 0 Å². The fourth-order valence-electron chi connectivity index (χ4n) is 3.95. The van der Waals surface area contributed by atoms with Crippen molar-refractivity contribution in [2.24, 2.45) is 0 Å². The van der Waals surface area contributed by atoms with E-state index in [4.69, 9.17) is 4.42 Å². The first-order chi connectivity index (χ1) is 17.5. The van der Waals surface area contributed by atoms with E-state index in [-0.39, 0.29) is 17.6 Å². The van der Waals surface area contributed by atoms with E-state index in [1.165, 1.54) is 23.6 Å². The molecule has 0 fully saturated rings. The standard InChI is InChI=1S/C28H26N4O3S/c1-3-19-11-13-21(14-12-19)32-27(34)25-18(2)30-28(22(16-29)26(25)23-10-7-15-35-23)36-17-24(33)31-20-8-5-4-6-9-20/h4-15,26,30H,3,17H2,1-2H3,(H,31,33)(H,32,34)/t26-/m0/s1. The number of nitrogens with zero attached hydrogens (tertiary/aromatic N) is 1. The zero-order valence-electron chi connectivity index (χ0n) is 20.0. The number of aryl methyl sites for hydroxylation is 1. The maximum absolute atomic E-state index is 13.4. The molecule has 0 aliphatic carbocycles. The van der Waals surface area contributed by atoms with Gasteiger partial charge in [0.2, 0.25) is 5.91 Å². The van der Waals surface area contributed by atoms with Crippen LogP contribution >= 0.6 is 11.8 Å². The first kappa shape index (κ1) is 24.9. The van der Waals surface area contributed by atoms with Gasteiger partial charge in [-0.05, 0) is 55.3 Å². The fourth-order valence-corrected chi connectivity index (χ4v) is 4.84. The highest BCUT2D eigenvalue weighted by Gasteiger charge is 2.36. The van der Waals surface area contributed by atoms with E-state index < -0.39 is 5.92 Å². The zero-order valence-corrected chi connectivity index (χ0v) is 20.8. The van der Waals surface area contributed by atoms with Crippen molar-refractivity contribution in [3.63, 3.8) is 0 Å². The molecule has 0 saturated carbocycles. The lowest BCUT2D eigenvalue weighted by molar-refractivity contribution is -0.114. The number of nitrogens with one attached hydrogen (secondary N) is 3. The van der Waals surface area contributed by atoms with Crippen LogP contribution in [0.2, 0.25) is 0 Å². The van der Waals surface area contributed by atoms with Gasteiger partial charge in [0.1, 0.15) is 5.76 Å². The van der Waals surface area contributed by atoms with Gasteiger partial charge in [0.25, 0.3) is 5.91 Å². The summed E-state index contributed by atoms with van der Waals surface area (Å²) in [4.78, 5) is 25.9. The summed E-state index contributed by atoms with van der Waals surface area (Å²) in [6.45, 7) is 3.85. The molecule has 3 aromatic rings. The van der Waals surface area contributed by atoms with Crippen molar-refractivity contribution in [2.75, 3.05) is 16.4 Å². The van der Waals surface area contributed by atoms with E-state index in [2.05, 4.69) is 28.9 Å². The number of dihydropyridines is 1. The van der Waals surface area contributed by atoms with E-state index >= 15 is 0 Å². The Morgan fingerprint density at radius 3 is 2.39 bits per heavy atom. The summed E-state index contributed by atoms with van der Waals surface area (Å²) in [7, 11) is 0. The Morgan fingerprint density at radius 2 is 1.75 bits per heavy atom. The van der Waals surface area contributed by atoms with Crippen LogP contribution < -0.4 is 16.0 Å². The first-order valence-corrected chi connectivity index (χ1v) is 12.5. The topological polar surface area (TPSA) is 107 Å². The van der Waals surface area contributed by atoms with Gasteiger partial charge in [-0.3, -0.25) is 9.59 Å². The molecule has 0 unspecified atom stereocenters. The second-order valence-electron chi connectivity index (χ2n) is 8.17. The number of amides is 2. The van der Waals surface area contributed by atoms with Crippen LogP contribution in [-0.4, -0.2) is 17.6 Å². The Kier molecular flexibility index (Phi) is 7.93. The molecule has 8 heteroatoms. The molecule has 2 amide bonds. The number of benzene rings is 2. The number of nitriles is 1. The van der Waals surface area contributed by atoms with Gasteiger partial charge in [0.15, 0.2) is 0 Å². The first-order valence-electron chi connectivity index (χ1n) is 11.5. The molecule has 36 heavy (non-hydrogen) atoms. The highest BCUT2D eigenvalue weighted by atomic mass is 32.2. The minimum absolute atomic E-state index is 0.0892. The molecule has 3 N–H and O–H groups in total. The minimum Gasteiger partial charge on any atom is -0.468 e. The molecule has 1 aromatic heterocycles. The van der Waals surface area contributed by atoms with Crippen LogP contribution in [0.1, 0.15) is 31.1 Å². The molecular weight excluding hydrogens is 472 g/mol. The Hall–Kier alpha value is -4.22. The lowest BCUT2D eigenvalue weighted by Gasteiger charge is -2.28. The van der Waals surface area contributed by atoms with Gasteiger partial charge in [-0.25, -0.2) is 0 Å². The van der Waals surface area contributed by atoms with Crippen LogP contribution in [0.3, 0.4) is 0 Å². The number of furan rings is 1. The van der Waals surface area contributed by atoms with E-state index in [0.717, 1.165) is 6.42 Å². The van der Waals surface area contributed by atoms with Crippen LogP contribution in [-0.2, 0) is 16.0 Å². The molecule has 1 atom stereocenters. The van der Waals surface area contributed by atoms with Crippen molar-refractivity contribution in [3.05, 3.63) is 106 Å². The molecular formula is C28H26N4O3S. The third-order valence-electron chi connectivity index (χ3n) is 5.74. The van der Waals surface area contributed by atoms with Crippen LogP contribution in [0.15, 0.2) is 99.3 Å². The largest absolute Gasteiger partial charge is 0.468 e. The molecule has 182 valence electrons. The number of carbonyl (C=O) groups is 2. The molecule has 1 aliphatic heterocycles. The summed E-state index contributed by atoms with van der Waals surface area (Å²) in [6, 6.07) is 22.5. The van der Waals surface area contributed by atoms with E-state index in [9.17, 15) is 14.9 Å². The second kappa shape index (κ2) is 11.5. The highest BCUT2D eigenvalue weighted by Crippen LogP contribution is 2.41. The van der Waals surface area contributed by atoms with E-state index in [1.54, 1.807) is 19.1 Å². The lowest BCUT2D eigenvalue weighted by Crippen LogP contribution is -2.31. The molecule has 7 nitrogen and oxygen atoms in total. The molecule has 1 aliphatic rings. The average molecular weight is 499 g/mol. The van der Waals surface area contributed by atoms with Crippen LogP contribution in [0.5, 0.6) is 0 Å². The predicted octanol–water partition coefficient (Wildman–Crippen LogP) is 5.55. The highest BCUT2D eigenvalue weighted by molar-refractivity contribution is 8.03. The number of hydrogen-bond acceptors (Lipinski definition) is 6. The number of carbonyl (C=O) groups excluding carboxylic acids is 2. The van der Waals surface area contributed by atoms with Gasteiger partial charge in [0.05, 0.1) is 40.2 Å². The number of anilines is 2. The number of allylic oxidation sites excluding steroid dienone is 2. The molecule has 0 radical (unpaired) electrons. The summed E-state index contributed by atoms with van der Waals surface area (Å²) in [5.41, 5.74) is 3.83. The van der Waals surface area contributed by atoms with Crippen molar-refractivity contribution in [3.8, 4) is 6.07 Å². The van der Waals surface area contributed by atoms with Crippen molar-refractivity contribution in [1.29, 1.82) is 5.26 Å². The van der Waals surface area contributed by atoms with Gasteiger partial charge >= 0.3 is 0 Å². The van der Waals surface area contributed by atoms with Crippen LogP contribution in [0.4, 0.5) is 11.4 Å². The van der Waals surface area contributed by atoms with E-state index in [0.29, 0.717) is 39.0 Å². The van der Waals surface area contributed by atoms with Gasteiger partial charge < -0.3 is 20.4 Å². The molecule has 2 aromatic carbocycles. The third-order valence-corrected chi connectivity index (χ3v) is 6.76. The Balaban J connectivity index is 1.57. The van der Waals surface area contributed by atoms with Crippen molar-refractivity contribution < 1.29 is 14.0 Å². The normalized spacial score (nSPS) is 15.2. The Morgan fingerprint density at radius 1 is 1.03 bits per heavy atom.